The van der Waals surface area contributed by atoms with Crippen molar-refractivity contribution in [2.75, 3.05) is 31.2 Å². The van der Waals surface area contributed by atoms with Crippen LogP contribution in [0.5, 0.6) is 11.6 Å². The molecule has 7 heteroatoms. The largest absolute Gasteiger partial charge is 0.507 e. The summed E-state index contributed by atoms with van der Waals surface area (Å²) in [6.45, 7) is 2.84. The Bertz CT molecular complexity index is 1200. The number of hydrogen-bond donors (Lipinski definition) is 2. The van der Waals surface area contributed by atoms with E-state index in [4.69, 9.17) is 9.72 Å². The van der Waals surface area contributed by atoms with Gasteiger partial charge in [-0.1, -0.05) is 47.7 Å². The molecule has 2 N–H and O–H groups in total. The number of morpholine rings is 1. The van der Waals surface area contributed by atoms with Crippen LogP contribution < -0.4 is 4.90 Å². The molecule has 3 heterocycles. The molecule has 156 valence electrons. The van der Waals surface area contributed by atoms with Gasteiger partial charge in [0.15, 0.2) is 5.13 Å². The van der Waals surface area contributed by atoms with Crippen LogP contribution in [0.3, 0.4) is 0 Å². The minimum Gasteiger partial charge on any atom is -0.507 e. The van der Waals surface area contributed by atoms with Crippen LogP contribution in [0.25, 0.3) is 33.0 Å². The molecule has 1 aliphatic heterocycles. The molecule has 1 saturated heterocycles. The van der Waals surface area contributed by atoms with Crippen molar-refractivity contribution in [1.29, 1.82) is 0 Å². The zero-order chi connectivity index (χ0) is 21.2. The number of hydrogen-bond acceptors (Lipinski definition) is 7. The Hall–Kier alpha value is -3.42. The summed E-state index contributed by atoms with van der Waals surface area (Å²) in [6.07, 6.45) is 0. The number of anilines is 1. The van der Waals surface area contributed by atoms with Crippen molar-refractivity contribution in [2.45, 2.75) is 0 Å². The molecule has 2 aromatic carbocycles. The van der Waals surface area contributed by atoms with Crippen molar-refractivity contribution in [3.8, 4) is 44.6 Å². The van der Waals surface area contributed by atoms with Crippen LogP contribution in [0.4, 0.5) is 5.13 Å². The van der Waals surface area contributed by atoms with E-state index in [1.165, 1.54) is 11.3 Å². The minimum absolute atomic E-state index is 0.00757. The fraction of sp³-hybridized carbons (Fsp3) is 0.167. The maximum Gasteiger partial charge on any atom is 0.233 e. The quantitative estimate of drug-likeness (QED) is 0.484. The molecule has 1 aliphatic rings. The number of aromatic nitrogens is 2. The second-order valence-corrected chi connectivity index (χ2v) is 8.23. The minimum atomic E-state index is -0.00757. The third-order valence-corrected chi connectivity index (χ3v) is 6.37. The van der Waals surface area contributed by atoms with Crippen molar-refractivity contribution in [2.24, 2.45) is 0 Å². The number of nitrogens with zero attached hydrogens (tertiary/aromatic N) is 3. The van der Waals surface area contributed by atoms with Gasteiger partial charge in [-0.15, -0.1) is 0 Å². The average molecular weight is 432 g/mol. The molecule has 31 heavy (non-hydrogen) atoms. The molecule has 0 atom stereocenters. The highest BCUT2D eigenvalue weighted by Gasteiger charge is 2.20. The molecule has 0 spiro atoms. The maximum atomic E-state index is 10.5. The molecule has 0 amide bonds. The van der Waals surface area contributed by atoms with Gasteiger partial charge in [0.05, 0.1) is 24.6 Å². The van der Waals surface area contributed by atoms with E-state index in [0.717, 1.165) is 40.6 Å². The Balaban J connectivity index is 1.50. The van der Waals surface area contributed by atoms with E-state index in [0.29, 0.717) is 23.8 Å². The molecule has 1 fully saturated rings. The van der Waals surface area contributed by atoms with Crippen LogP contribution in [-0.2, 0) is 4.74 Å². The predicted molar refractivity (Wildman–Crippen MR) is 123 cm³/mol. The van der Waals surface area contributed by atoms with Crippen LogP contribution in [0.2, 0.25) is 0 Å². The molecule has 4 aromatic rings. The van der Waals surface area contributed by atoms with Gasteiger partial charge in [0.25, 0.3) is 0 Å². The van der Waals surface area contributed by atoms with E-state index < -0.39 is 0 Å². The van der Waals surface area contributed by atoms with E-state index in [1.807, 2.05) is 60.7 Å². The van der Waals surface area contributed by atoms with Crippen LogP contribution in [0.1, 0.15) is 0 Å². The first-order valence-corrected chi connectivity index (χ1v) is 10.9. The third-order valence-electron chi connectivity index (χ3n) is 5.24. The number of benzene rings is 2. The van der Waals surface area contributed by atoms with Gasteiger partial charge in [-0.2, -0.15) is 4.98 Å². The lowest BCUT2D eigenvalue weighted by molar-refractivity contribution is 0.122. The first kappa shape index (κ1) is 19.5. The summed E-state index contributed by atoms with van der Waals surface area (Å²) in [5, 5.41) is 21.6. The smallest absolute Gasteiger partial charge is 0.233 e. The lowest BCUT2D eigenvalue weighted by atomic mass is 10.0. The highest BCUT2D eigenvalue weighted by molar-refractivity contribution is 7.19. The Morgan fingerprint density at radius 1 is 0.806 bits per heavy atom. The SMILES string of the molecule is Oc1ccc(-c2cccc(-c3sc(N4CCOCC4)nc3O)n2)cc1-c1ccccc1. The molecule has 0 radical (unpaired) electrons. The topological polar surface area (TPSA) is 78.7 Å². The lowest BCUT2D eigenvalue weighted by Gasteiger charge is -2.25. The highest BCUT2D eigenvalue weighted by atomic mass is 32.1. The highest BCUT2D eigenvalue weighted by Crippen LogP contribution is 2.39. The van der Waals surface area contributed by atoms with Crippen LogP contribution >= 0.6 is 11.3 Å². The van der Waals surface area contributed by atoms with Crippen molar-refractivity contribution in [3.05, 3.63) is 66.7 Å². The van der Waals surface area contributed by atoms with Crippen LogP contribution in [0.15, 0.2) is 66.7 Å². The van der Waals surface area contributed by atoms with Gasteiger partial charge < -0.3 is 19.8 Å². The zero-order valence-corrected chi connectivity index (χ0v) is 17.5. The number of ether oxygens (including phenoxy) is 1. The summed E-state index contributed by atoms with van der Waals surface area (Å²) in [6, 6.07) is 20.9. The van der Waals surface area contributed by atoms with E-state index in [1.54, 1.807) is 6.07 Å². The Morgan fingerprint density at radius 2 is 1.58 bits per heavy atom. The Morgan fingerprint density at radius 3 is 2.39 bits per heavy atom. The number of thiazole rings is 1. The average Bonchev–Trinajstić information content (AvgIpc) is 3.22. The maximum absolute atomic E-state index is 10.5. The van der Waals surface area contributed by atoms with E-state index in [9.17, 15) is 10.2 Å². The molecule has 6 nitrogen and oxygen atoms in total. The molecular weight excluding hydrogens is 410 g/mol. The molecular formula is C24H21N3O3S. The van der Waals surface area contributed by atoms with Crippen molar-refractivity contribution < 1.29 is 14.9 Å². The Labute approximate surface area is 184 Å². The Kier molecular flexibility index (Phi) is 5.28. The fourth-order valence-corrected chi connectivity index (χ4v) is 4.61. The summed E-state index contributed by atoms with van der Waals surface area (Å²) in [5.74, 6) is 0.216. The van der Waals surface area contributed by atoms with E-state index in [-0.39, 0.29) is 11.6 Å². The standard InChI is InChI=1S/C24H21N3O3S/c28-21-10-9-17(15-18(21)16-5-2-1-3-6-16)19-7-4-8-20(25-19)22-23(29)26-24(31-22)27-11-13-30-14-12-27/h1-10,15,28-29H,11-14H2. The summed E-state index contributed by atoms with van der Waals surface area (Å²) < 4.78 is 5.40. The zero-order valence-electron chi connectivity index (χ0n) is 16.7. The summed E-state index contributed by atoms with van der Waals surface area (Å²) in [7, 11) is 0. The summed E-state index contributed by atoms with van der Waals surface area (Å²) in [4.78, 5) is 11.9. The second-order valence-electron chi connectivity index (χ2n) is 7.25. The van der Waals surface area contributed by atoms with Crippen molar-refractivity contribution >= 4 is 16.5 Å². The molecule has 0 aliphatic carbocycles. The fourth-order valence-electron chi connectivity index (χ4n) is 3.62. The number of phenolic OH excluding ortho intramolecular Hbond substituents is 1. The first-order valence-electron chi connectivity index (χ1n) is 10.1. The molecule has 0 unspecified atom stereocenters. The monoisotopic (exact) mass is 431 g/mol. The summed E-state index contributed by atoms with van der Waals surface area (Å²) >= 11 is 1.43. The second kappa shape index (κ2) is 8.37. The van der Waals surface area contributed by atoms with Crippen LogP contribution in [0, 0.1) is 0 Å². The van der Waals surface area contributed by atoms with Gasteiger partial charge in [0.2, 0.25) is 5.88 Å². The molecule has 0 saturated carbocycles. The number of rotatable bonds is 4. The van der Waals surface area contributed by atoms with Gasteiger partial charge >= 0.3 is 0 Å². The van der Waals surface area contributed by atoms with Gasteiger partial charge in [-0.3, -0.25) is 0 Å². The van der Waals surface area contributed by atoms with E-state index in [2.05, 4.69) is 9.88 Å². The first-order chi connectivity index (χ1) is 15.2. The van der Waals surface area contributed by atoms with Crippen LogP contribution in [-0.4, -0.2) is 46.5 Å². The normalized spacial score (nSPS) is 14.0. The molecule has 0 bridgehead atoms. The van der Waals surface area contributed by atoms with Gasteiger partial charge in [0.1, 0.15) is 10.6 Å². The number of phenols is 1. The number of aromatic hydroxyl groups is 2. The third kappa shape index (κ3) is 3.97. The van der Waals surface area contributed by atoms with Crippen molar-refractivity contribution in [1.82, 2.24) is 9.97 Å². The predicted octanol–water partition coefficient (Wildman–Crippen LogP) is 4.79. The lowest BCUT2D eigenvalue weighted by Crippen LogP contribution is -2.36. The van der Waals surface area contributed by atoms with Crippen molar-refractivity contribution in [3.63, 3.8) is 0 Å². The van der Waals surface area contributed by atoms with E-state index >= 15 is 0 Å². The van der Waals surface area contributed by atoms with Gasteiger partial charge in [-0.25, -0.2) is 4.98 Å². The molecule has 2 aromatic heterocycles. The summed E-state index contributed by atoms with van der Waals surface area (Å²) in [5.41, 5.74) is 4.00. The number of pyridine rings is 1. The van der Waals surface area contributed by atoms with Gasteiger partial charge in [-0.05, 0) is 35.9 Å². The molecule has 5 rings (SSSR count). The van der Waals surface area contributed by atoms with Gasteiger partial charge in [0, 0.05) is 24.2 Å².